The first-order valence-electron chi connectivity index (χ1n) is 4.26. The van der Waals surface area contributed by atoms with Gasteiger partial charge in [0, 0.05) is 18.7 Å². The zero-order valence-electron chi connectivity index (χ0n) is 8.50. The SMILES string of the molecule is CNC(C)(c1nccs1)C(C)OC. The van der Waals surface area contributed by atoms with E-state index in [-0.39, 0.29) is 11.6 Å². The Hall–Kier alpha value is -0.450. The molecule has 0 aliphatic heterocycles. The molecular weight excluding hydrogens is 184 g/mol. The fraction of sp³-hybridized carbons (Fsp3) is 0.667. The van der Waals surface area contributed by atoms with E-state index in [1.165, 1.54) is 0 Å². The van der Waals surface area contributed by atoms with Crippen molar-refractivity contribution in [1.29, 1.82) is 0 Å². The number of ether oxygens (including phenoxy) is 1. The molecule has 0 spiro atoms. The number of methoxy groups -OCH3 is 1. The molecule has 4 heteroatoms. The lowest BCUT2D eigenvalue weighted by atomic mass is 9.97. The average Bonchev–Trinajstić information content (AvgIpc) is 2.68. The van der Waals surface area contributed by atoms with Gasteiger partial charge in [0.2, 0.25) is 0 Å². The van der Waals surface area contributed by atoms with Gasteiger partial charge < -0.3 is 10.1 Å². The quantitative estimate of drug-likeness (QED) is 0.802. The van der Waals surface area contributed by atoms with Crippen molar-refractivity contribution in [3.05, 3.63) is 16.6 Å². The molecule has 0 aliphatic rings. The monoisotopic (exact) mass is 200 g/mol. The van der Waals surface area contributed by atoms with Crippen LogP contribution in [0.1, 0.15) is 18.9 Å². The van der Waals surface area contributed by atoms with Gasteiger partial charge in [0.15, 0.2) is 0 Å². The van der Waals surface area contributed by atoms with Crippen LogP contribution in [0, 0.1) is 0 Å². The first-order valence-corrected chi connectivity index (χ1v) is 5.14. The summed E-state index contributed by atoms with van der Waals surface area (Å²) in [6.07, 6.45) is 1.92. The number of likely N-dealkylation sites (N-methyl/N-ethyl adjacent to an activating group) is 1. The van der Waals surface area contributed by atoms with Crippen LogP contribution >= 0.6 is 11.3 Å². The van der Waals surface area contributed by atoms with Crippen LogP contribution in [-0.4, -0.2) is 25.2 Å². The highest BCUT2D eigenvalue weighted by Crippen LogP contribution is 2.27. The molecule has 3 nitrogen and oxygen atoms in total. The normalized spacial score (nSPS) is 18.2. The fourth-order valence-corrected chi connectivity index (χ4v) is 2.08. The smallest absolute Gasteiger partial charge is 0.115 e. The van der Waals surface area contributed by atoms with Crippen LogP contribution in [-0.2, 0) is 10.3 Å². The van der Waals surface area contributed by atoms with E-state index in [0.717, 1.165) is 5.01 Å². The summed E-state index contributed by atoms with van der Waals surface area (Å²) in [5.74, 6) is 0. The van der Waals surface area contributed by atoms with Crippen LogP contribution in [0.3, 0.4) is 0 Å². The number of aromatic nitrogens is 1. The molecule has 1 aromatic rings. The first-order chi connectivity index (χ1) is 6.15. The summed E-state index contributed by atoms with van der Waals surface area (Å²) in [4.78, 5) is 4.30. The van der Waals surface area contributed by atoms with Crippen LogP contribution in [0.4, 0.5) is 0 Å². The van der Waals surface area contributed by atoms with Crippen molar-refractivity contribution >= 4 is 11.3 Å². The standard InChI is InChI=1S/C9H16N2OS/c1-7(12-4)9(2,10-3)8-11-5-6-13-8/h5-7,10H,1-4H3. The molecule has 1 N–H and O–H groups in total. The van der Waals surface area contributed by atoms with Crippen LogP contribution in [0.15, 0.2) is 11.6 Å². The zero-order chi connectivity index (χ0) is 9.90. The van der Waals surface area contributed by atoms with E-state index in [0.29, 0.717) is 0 Å². The summed E-state index contributed by atoms with van der Waals surface area (Å²) >= 11 is 1.64. The molecule has 2 unspecified atom stereocenters. The predicted octanol–water partition coefficient (Wildman–Crippen LogP) is 1.61. The van der Waals surface area contributed by atoms with E-state index in [9.17, 15) is 0 Å². The van der Waals surface area contributed by atoms with Gasteiger partial charge in [-0.2, -0.15) is 0 Å². The lowest BCUT2D eigenvalue weighted by Gasteiger charge is -2.32. The number of hydrogen-bond donors (Lipinski definition) is 1. The Labute approximate surface area is 83.1 Å². The van der Waals surface area contributed by atoms with Crippen molar-refractivity contribution in [1.82, 2.24) is 10.3 Å². The number of thiazole rings is 1. The summed E-state index contributed by atoms with van der Waals surface area (Å²) < 4.78 is 5.33. The molecule has 0 saturated carbocycles. The van der Waals surface area contributed by atoms with Gasteiger partial charge in [0.25, 0.3) is 0 Å². The molecule has 0 amide bonds. The number of hydrogen-bond acceptors (Lipinski definition) is 4. The van der Waals surface area contributed by atoms with Gasteiger partial charge in [0.05, 0.1) is 11.6 Å². The Morgan fingerprint density at radius 1 is 1.69 bits per heavy atom. The lowest BCUT2D eigenvalue weighted by molar-refractivity contribution is 0.0400. The molecule has 1 rings (SSSR count). The molecule has 1 aromatic heterocycles. The second-order valence-corrected chi connectivity index (χ2v) is 4.06. The summed E-state index contributed by atoms with van der Waals surface area (Å²) in [5, 5.41) is 6.29. The molecule has 2 atom stereocenters. The van der Waals surface area contributed by atoms with Gasteiger partial charge in [-0.1, -0.05) is 0 Å². The van der Waals surface area contributed by atoms with E-state index in [2.05, 4.69) is 17.2 Å². The second kappa shape index (κ2) is 4.17. The van der Waals surface area contributed by atoms with Crippen molar-refractivity contribution in [3.63, 3.8) is 0 Å². The van der Waals surface area contributed by atoms with E-state index in [1.54, 1.807) is 18.4 Å². The number of nitrogens with zero attached hydrogens (tertiary/aromatic N) is 1. The maximum absolute atomic E-state index is 5.33. The van der Waals surface area contributed by atoms with Crippen LogP contribution in [0.5, 0.6) is 0 Å². The fourth-order valence-electron chi connectivity index (χ4n) is 1.20. The van der Waals surface area contributed by atoms with Crippen LogP contribution < -0.4 is 5.32 Å². The summed E-state index contributed by atoms with van der Waals surface area (Å²) in [5.41, 5.74) is -0.192. The Bertz CT molecular complexity index is 250. The summed E-state index contributed by atoms with van der Waals surface area (Å²) in [6.45, 7) is 4.14. The van der Waals surface area contributed by atoms with Gasteiger partial charge in [-0.3, -0.25) is 0 Å². The van der Waals surface area contributed by atoms with Gasteiger partial charge in [0.1, 0.15) is 5.01 Å². The van der Waals surface area contributed by atoms with Gasteiger partial charge in [-0.15, -0.1) is 11.3 Å². The average molecular weight is 200 g/mol. The van der Waals surface area contributed by atoms with Crippen molar-refractivity contribution in [2.45, 2.75) is 25.5 Å². The lowest BCUT2D eigenvalue weighted by Crippen LogP contribution is -2.46. The third-order valence-electron chi connectivity index (χ3n) is 2.56. The molecule has 1 heterocycles. The minimum Gasteiger partial charge on any atom is -0.379 e. The number of nitrogens with one attached hydrogen (secondary N) is 1. The van der Waals surface area contributed by atoms with Crippen molar-refractivity contribution < 1.29 is 4.74 Å². The highest BCUT2D eigenvalue weighted by Gasteiger charge is 2.33. The van der Waals surface area contributed by atoms with E-state index in [1.807, 2.05) is 25.5 Å². The Morgan fingerprint density at radius 2 is 2.38 bits per heavy atom. The van der Waals surface area contributed by atoms with Crippen molar-refractivity contribution in [2.75, 3.05) is 14.2 Å². The molecule has 0 fully saturated rings. The topological polar surface area (TPSA) is 34.2 Å². The molecule has 0 saturated heterocycles. The van der Waals surface area contributed by atoms with Gasteiger partial charge >= 0.3 is 0 Å². The molecular formula is C9H16N2OS. The Morgan fingerprint density at radius 3 is 2.77 bits per heavy atom. The third-order valence-corrected chi connectivity index (χ3v) is 3.57. The van der Waals surface area contributed by atoms with E-state index in [4.69, 9.17) is 4.74 Å². The first kappa shape index (κ1) is 10.6. The van der Waals surface area contributed by atoms with Crippen molar-refractivity contribution in [3.8, 4) is 0 Å². The van der Waals surface area contributed by atoms with E-state index < -0.39 is 0 Å². The molecule has 13 heavy (non-hydrogen) atoms. The largest absolute Gasteiger partial charge is 0.379 e. The highest BCUT2D eigenvalue weighted by molar-refractivity contribution is 7.09. The summed E-state index contributed by atoms with van der Waals surface area (Å²) in [6, 6.07) is 0. The minimum atomic E-state index is -0.192. The Balaban J connectivity index is 2.93. The maximum Gasteiger partial charge on any atom is 0.115 e. The zero-order valence-corrected chi connectivity index (χ0v) is 9.31. The maximum atomic E-state index is 5.33. The number of rotatable bonds is 4. The van der Waals surface area contributed by atoms with Crippen LogP contribution in [0.25, 0.3) is 0 Å². The molecule has 0 aromatic carbocycles. The predicted molar refractivity (Wildman–Crippen MR) is 55.0 cm³/mol. The van der Waals surface area contributed by atoms with Gasteiger partial charge in [-0.25, -0.2) is 4.98 Å². The third kappa shape index (κ3) is 1.90. The van der Waals surface area contributed by atoms with Crippen molar-refractivity contribution in [2.24, 2.45) is 0 Å². The molecule has 0 radical (unpaired) electrons. The second-order valence-electron chi connectivity index (χ2n) is 3.17. The van der Waals surface area contributed by atoms with Gasteiger partial charge in [-0.05, 0) is 20.9 Å². The molecule has 74 valence electrons. The molecule has 0 aliphatic carbocycles. The minimum absolute atomic E-state index is 0.101. The summed E-state index contributed by atoms with van der Waals surface area (Å²) in [7, 11) is 3.64. The van der Waals surface area contributed by atoms with E-state index >= 15 is 0 Å². The molecule has 0 bridgehead atoms. The highest BCUT2D eigenvalue weighted by atomic mass is 32.1. The van der Waals surface area contributed by atoms with Crippen LogP contribution in [0.2, 0.25) is 0 Å². The Kier molecular flexibility index (Phi) is 3.41.